The number of rotatable bonds is 8. The van der Waals surface area contributed by atoms with Crippen LogP contribution in [0.2, 0.25) is 0 Å². The zero-order valence-corrected chi connectivity index (χ0v) is 21.9. The van der Waals surface area contributed by atoms with Crippen LogP contribution in [0.15, 0.2) is 42.0 Å². The summed E-state index contributed by atoms with van der Waals surface area (Å²) in [6, 6.07) is 6.96. The van der Waals surface area contributed by atoms with Crippen molar-refractivity contribution in [3.63, 3.8) is 0 Å². The molecule has 10 heteroatoms. The normalized spacial score (nSPS) is 33.8. The highest BCUT2D eigenvalue weighted by molar-refractivity contribution is 5.88. The first-order valence-corrected chi connectivity index (χ1v) is 13.1. The second-order valence-electron chi connectivity index (χ2n) is 10.1. The molecular formula is C28H37NO9. The summed E-state index contributed by atoms with van der Waals surface area (Å²) in [5, 5.41) is 29.8. The molecule has 4 rings (SSSR count). The number of benzene rings is 1. The number of carbonyl (C=O) groups is 2. The third-order valence-electron chi connectivity index (χ3n) is 7.58. The summed E-state index contributed by atoms with van der Waals surface area (Å²) >= 11 is 0. The number of allylic oxidation sites excluding steroid dienone is 1. The third kappa shape index (κ3) is 6.44. The summed E-state index contributed by atoms with van der Waals surface area (Å²) in [6.07, 6.45) is 0.626. The average molecular weight is 532 g/mol. The number of aliphatic hydroxyl groups excluding tert-OH is 3. The Balaban J connectivity index is 1.29. The lowest BCUT2D eigenvalue weighted by Crippen LogP contribution is -2.58. The number of nitrogens with zero attached hydrogens (tertiary/aromatic N) is 1. The topological polar surface area (TPSA) is 135 Å². The van der Waals surface area contributed by atoms with Crippen molar-refractivity contribution in [3.05, 3.63) is 47.6 Å². The predicted octanol–water partition coefficient (Wildman–Crippen LogP) is 1.42. The van der Waals surface area contributed by atoms with Crippen molar-refractivity contribution in [3.8, 4) is 5.75 Å². The summed E-state index contributed by atoms with van der Waals surface area (Å²) in [4.78, 5) is 27.1. The standard InChI is InChI=1S/C28H37NO9/c1-4-16(2)27(34)38-22-14-29-13-5-6-21(29)20(22)15-35-23(30)12-9-18-7-10-19(11-8-18)37-28-26(33)25(32)24(31)17(3)36-28/h4,7-12,17,20-22,24-26,28,31-33H,5-6,13-15H2,1-3H3/b12-9+,16-4+. The van der Waals surface area contributed by atoms with E-state index < -0.39 is 36.7 Å². The van der Waals surface area contributed by atoms with E-state index in [1.165, 1.54) is 6.08 Å². The van der Waals surface area contributed by atoms with Crippen LogP contribution >= 0.6 is 0 Å². The van der Waals surface area contributed by atoms with Gasteiger partial charge in [0, 0.05) is 30.2 Å². The molecule has 3 fully saturated rings. The second-order valence-corrected chi connectivity index (χ2v) is 10.1. The maximum absolute atomic E-state index is 12.4. The molecule has 0 bridgehead atoms. The summed E-state index contributed by atoms with van der Waals surface area (Å²) in [5.74, 6) is -0.507. The Bertz CT molecular complexity index is 1040. The highest BCUT2D eigenvalue weighted by Crippen LogP contribution is 2.35. The first kappa shape index (κ1) is 28.3. The number of fused-ring (bicyclic) bond motifs is 1. The fourth-order valence-electron chi connectivity index (χ4n) is 5.16. The molecule has 0 radical (unpaired) electrons. The van der Waals surface area contributed by atoms with Crippen LogP contribution in [-0.4, -0.2) is 94.7 Å². The number of hydrogen-bond donors (Lipinski definition) is 3. The lowest BCUT2D eigenvalue weighted by Gasteiger charge is -2.38. The number of hydrogen-bond acceptors (Lipinski definition) is 10. The SMILES string of the molecule is C/C=C(\C)C(=O)OC1CN2CCCC2C1COC(=O)/C=C/c1ccc(OC2OC(C)C(O)C(O)C2O)cc1. The zero-order valence-electron chi connectivity index (χ0n) is 21.9. The average Bonchev–Trinajstić information content (AvgIpc) is 3.49. The van der Waals surface area contributed by atoms with Gasteiger partial charge in [-0.05, 0) is 63.9 Å². The molecule has 38 heavy (non-hydrogen) atoms. The van der Waals surface area contributed by atoms with Crippen LogP contribution in [0, 0.1) is 5.92 Å². The lowest BCUT2D eigenvalue weighted by molar-refractivity contribution is -0.268. The van der Waals surface area contributed by atoms with Crippen LogP contribution in [0.1, 0.15) is 39.2 Å². The molecule has 3 aliphatic rings. The smallest absolute Gasteiger partial charge is 0.333 e. The van der Waals surface area contributed by atoms with Gasteiger partial charge in [0.1, 0.15) is 30.2 Å². The Morgan fingerprint density at radius 3 is 2.58 bits per heavy atom. The minimum atomic E-state index is -1.40. The molecule has 1 aromatic rings. The Morgan fingerprint density at radius 2 is 1.87 bits per heavy atom. The number of ether oxygens (including phenoxy) is 4. The van der Waals surface area contributed by atoms with Crippen molar-refractivity contribution < 1.29 is 43.9 Å². The molecule has 3 saturated heterocycles. The van der Waals surface area contributed by atoms with Crippen molar-refractivity contribution in [2.45, 2.75) is 76.5 Å². The van der Waals surface area contributed by atoms with Gasteiger partial charge in [-0.3, -0.25) is 4.90 Å². The summed E-state index contributed by atoms with van der Waals surface area (Å²) < 4.78 is 22.4. The van der Waals surface area contributed by atoms with E-state index in [1.807, 2.05) is 0 Å². The Hall–Kier alpha value is -2.76. The molecule has 0 spiro atoms. The number of esters is 2. The maximum Gasteiger partial charge on any atom is 0.333 e. The van der Waals surface area contributed by atoms with Crippen LogP contribution in [0.3, 0.4) is 0 Å². The largest absolute Gasteiger partial charge is 0.462 e. The second kappa shape index (κ2) is 12.4. The fraction of sp³-hybridized carbons (Fsp3) is 0.571. The van der Waals surface area contributed by atoms with Gasteiger partial charge in [-0.1, -0.05) is 18.2 Å². The molecule has 3 aliphatic heterocycles. The Kier molecular flexibility index (Phi) is 9.22. The van der Waals surface area contributed by atoms with Crippen LogP contribution < -0.4 is 4.74 Å². The van der Waals surface area contributed by atoms with Gasteiger partial charge in [-0.2, -0.15) is 0 Å². The van der Waals surface area contributed by atoms with Gasteiger partial charge in [-0.15, -0.1) is 0 Å². The minimum Gasteiger partial charge on any atom is -0.462 e. The van der Waals surface area contributed by atoms with Gasteiger partial charge in [0.15, 0.2) is 0 Å². The highest BCUT2D eigenvalue weighted by Gasteiger charge is 2.46. The summed E-state index contributed by atoms with van der Waals surface area (Å²) in [6.45, 7) is 6.88. The molecule has 10 nitrogen and oxygen atoms in total. The van der Waals surface area contributed by atoms with Gasteiger partial charge in [0.05, 0.1) is 12.7 Å². The van der Waals surface area contributed by atoms with E-state index in [0.29, 0.717) is 17.9 Å². The van der Waals surface area contributed by atoms with Gasteiger partial charge >= 0.3 is 11.9 Å². The first-order chi connectivity index (χ1) is 18.2. The van der Waals surface area contributed by atoms with E-state index in [9.17, 15) is 24.9 Å². The molecule has 0 aromatic heterocycles. The number of carbonyl (C=O) groups excluding carboxylic acids is 2. The van der Waals surface area contributed by atoms with Crippen LogP contribution in [0.4, 0.5) is 0 Å². The van der Waals surface area contributed by atoms with Crippen molar-refractivity contribution in [1.82, 2.24) is 4.90 Å². The van der Waals surface area contributed by atoms with Crippen LogP contribution in [0.5, 0.6) is 5.75 Å². The van der Waals surface area contributed by atoms with E-state index in [0.717, 1.165) is 24.9 Å². The van der Waals surface area contributed by atoms with E-state index in [-0.39, 0.29) is 30.6 Å². The molecular weight excluding hydrogens is 494 g/mol. The van der Waals surface area contributed by atoms with Crippen LogP contribution in [0.25, 0.3) is 6.08 Å². The quantitative estimate of drug-likeness (QED) is 0.334. The Labute approximate surface area is 222 Å². The zero-order chi connectivity index (χ0) is 27.4. The van der Waals surface area contributed by atoms with Gasteiger partial charge in [-0.25, -0.2) is 9.59 Å². The third-order valence-corrected chi connectivity index (χ3v) is 7.58. The molecule has 8 atom stereocenters. The summed E-state index contributed by atoms with van der Waals surface area (Å²) in [5.41, 5.74) is 1.28. The van der Waals surface area contributed by atoms with Crippen molar-refractivity contribution in [2.75, 3.05) is 19.7 Å². The molecule has 0 saturated carbocycles. The first-order valence-electron chi connectivity index (χ1n) is 13.1. The molecule has 3 N–H and O–H groups in total. The predicted molar refractivity (Wildman–Crippen MR) is 137 cm³/mol. The van der Waals surface area contributed by atoms with Crippen molar-refractivity contribution in [1.29, 1.82) is 0 Å². The molecule has 208 valence electrons. The van der Waals surface area contributed by atoms with Gasteiger partial charge < -0.3 is 34.3 Å². The van der Waals surface area contributed by atoms with Crippen LogP contribution in [-0.2, 0) is 23.8 Å². The Morgan fingerprint density at radius 1 is 1.13 bits per heavy atom. The molecule has 3 heterocycles. The number of aliphatic hydroxyl groups is 3. The monoisotopic (exact) mass is 531 g/mol. The lowest BCUT2D eigenvalue weighted by atomic mass is 9.97. The minimum absolute atomic E-state index is 0.0698. The van der Waals surface area contributed by atoms with E-state index >= 15 is 0 Å². The summed E-state index contributed by atoms with van der Waals surface area (Å²) in [7, 11) is 0. The fourth-order valence-corrected chi connectivity index (χ4v) is 5.16. The molecule has 0 aliphatic carbocycles. The maximum atomic E-state index is 12.4. The van der Waals surface area contributed by atoms with Crippen molar-refractivity contribution in [2.24, 2.45) is 5.92 Å². The van der Waals surface area contributed by atoms with Gasteiger partial charge in [0.25, 0.3) is 0 Å². The molecule has 8 unspecified atom stereocenters. The van der Waals surface area contributed by atoms with Gasteiger partial charge in [0.2, 0.25) is 6.29 Å². The van der Waals surface area contributed by atoms with E-state index in [4.69, 9.17) is 18.9 Å². The molecule has 0 amide bonds. The highest BCUT2D eigenvalue weighted by atomic mass is 16.7. The van der Waals surface area contributed by atoms with E-state index in [1.54, 1.807) is 57.2 Å². The van der Waals surface area contributed by atoms with Crippen molar-refractivity contribution >= 4 is 18.0 Å². The van der Waals surface area contributed by atoms with E-state index in [2.05, 4.69) is 4.90 Å². The molecule has 1 aromatic carbocycles.